The van der Waals surface area contributed by atoms with E-state index < -0.39 is 0 Å². The molecule has 0 atom stereocenters. The van der Waals surface area contributed by atoms with Gasteiger partial charge in [0.1, 0.15) is 5.82 Å². The molecule has 38 heavy (non-hydrogen) atoms. The zero-order valence-electron chi connectivity index (χ0n) is 21.9. The molecule has 196 valence electrons. The lowest BCUT2D eigenvalue weighted by Gasteiger charge is -2.45. The molecule has 0 bridgehead atoms. The van der Waals surface area contributed by atoms with Crippen LogP contribution in [0.5, 0.6) is 0 Å². The highest BCUT2D eigenvalue weighted by Crippen LogP contribution is 2.44. The first kappa shape index (κ1) is 25.4. The molecular formula is C30H32FN5O2. The number of hydrogen-bond acceptors (Lipinski definition) is 4. The van der Waals surface area contributed by atoms with Crippen LogP contribution in [0.4, 0.5) is 21.6 Å². The second-order valence-electron chi connectivity index (χ2n) is 10.4. The molecule has 1 spiro atoms. The van der Waals surface area contributed by atoms with Crippen LogP contribution in [0, 0.1) is 6.92 Å². The topological polar surface area (TPSA) is 98.9 Å². The van der Waals surface area contributed by atoms with Crippen molar-refractivity contribution in [2.45, 2.75) is 58.4 Å². The molecule has 2 aromatic heterocycles. The number of para-hydroxylation sites is 1. The Morgan fingerprint density at radius 1 is 1.18 bits per heavy atom. The molecule has 1 aliphatic carbocycles. The first-order valence-electron chi connectivity index (χ1n) is 12.9. The molecule has 7 nitrogen and oxygen atoms in total. The lowest BCUT2D eigenvalue weighted by Crippen LogP contribution is -2.57. The summed E-state index contributed by atoms with van der Waals surface area (Å²) in [4.78, 5) is 33.8. The van der Waals surface area contributed by atoms with E-state index in [1.54, 1.807) is 25.3 Å². The van der Waals surface area contributed by atoms with Crippen LogP contribution in [0.15, 0.2) is 66.1 Å². The van der Waals surface area contributed by atoms with Gasteiger partial charge < -0.3 is 20.9 Å². The number of aromatic amines is 1. The summed E-state index contributed by atoms with van der Waals surface area (Å²) in [6.45, 7) is 5.15. The van der Waals surface area contributed by atoms with E-state index in [4.69, 9.17) is 0 Å². The standard InChI is InChI=1S/C30H32FN5O2/c1-18(9-10-20(3)31)15-25(37)35-24-16-21(11-14-32-24)27-28(33-22-8-5-4-7-19(22)2)26-23(34-27)17-30(12-6-13-30)36-29(26)38/h4-5,7-11,14,16,33-34H,6,12-13,15,17H2,1-3H3,(H,36,38)(H,32,35,37)/b18-9+,20-10+. The summed E-state index contributed by atoms with van der Waals surface area (Å²) >= 11 is 0. The number of H-pyrrole nitrogens is 1. The molecule has 2 aliphatic rings. The number of nitrogens with zero attached hydrogens (tertiary/aromatic N) is 1. The fraction of sp³-hybridized carbons (Fsp3) is 0.300. The van der Waals surface area contributed by atoms with Crippen molar-refractivity contribution in [1.29, 1.82) is 0 Å². The number of fused-ring (bicyclic) bond motifs is 1. The summed E-state index contributed by atoms with van der Waals surface area (Å²) in [5, 5.41) is 9.60. The number of rotatable bonds is 7. The Hall–Kier alpha value is -4.20. The van der Waals surface area contributed by atoms with Gasteiger partial charge in [-0.1, -0.05) is 29.8 Å². The van der Waals surface area contributed by atoms with Gasteiger partial charge in [-0.05, 0) is 69.9 Å². The van der Waals surface area contributed by atoms with Gasteiger partial charge in [0.25, 0.3) is 5.91 Å². The van der Waals surface area contributed by atoms with Crippen LogP contribution in [0.25, 0.3) is 11.3 Å². The molecule has 5 rings (SSSR count). The van der Waals surface area contributed by atoms with E-state index in [0.29, 0.717) is 17.1 Å². The van der Waals surface area contributed by atoms with Crippen LogP contribution in [0.1, 0.15) is 61.1 Å². The predicted molar refractivity (Wildman–Crippen MR) is 148 cm³/mol. The molecule has 1 saturated carbocycles. The van der Waals surface area contributed by atoms with E-state index in [2.05, 4.69) is 25.9 Å². The van der Waals surface area contributed by atoms with Crippen molar-refractivity contribution in [3.05, 3.63) is 83.0 Å². The maximum absolute atomic E-state index is 13.4. The van der Waals surface area contributed by atoms with E-state index in [1.807, 2.05) is 37.3 Å². The summed E-state index contributed by atoms with van der Waals surface area (Å²) in [5.41, 5.74) is 6.34. The molecule has 8 heteroatoms. The van der Waals surface area contributed by atoms with Crippen LogP contribution < -0.4 is 16.0 Å². The Labute approximate surface area is 221 Å². The van der Waals surface area contributed by atoms with Crippen LogP contribution in [-0.2, 0) is 11.2 Å². The van der Waals surface area contributed by atoms with Gasteiger partial charge in [-0.2, -0.15) is 0 Å². The SMILES string of the molecule is C/C(F)=C\C=C(/C)CC(=O)Nc1cc(-c2[nH]c3c(c2Nc2ccccc2C)C(=O)NC2(CCC2)C3)ccn1. The second kappa shape index (κ2) is 10.3. The largest absolute Gasteiger partial charge is 0.356 e. The molecule has 0 unspecified atom stereocenters. The van der Waals surface area contributed by atoms with Gasteiger partial charge in [0, 0.05) is 41.5 Å². The van der Waals surface area contributed by atoms with Crippen LogP contribution in [0.2, 0.25) is 0 Å². The third kappa shape index (κ3) is 5.25. The van der Waals surface area contributed by atoms with Gasteiger partial charge in [-0.15, -0.1) is 0 Å². The number of allylic oxidation sites excluding steroid dienone is 3. The highest BCUT2D eigenvalue weighted by molar-refractivity contribution is 6.07. The number of anilines is 3. The molecular weight excluding hydrogens is 481 g/mol. The molecule has 1 aromatic carbocycles. The number of nitrogens with one attached hydrogen (secondary N) is 4. The number of carbonyl (C=O) groups excluding carboxylic acids is 2. The lowest BCUT2D eigenvalue weighted by molar-refractivity contribution is -0.115. The minimum atomic E-state index is -0.320. The number of pyridine rings is 1. The highest BCUT2D eigenvalue weighted by Gasteiger charge is 2.44. The maximum atomic E-state index is 13.4. The van der Waals surface area contributed by atoms with Gasteiger partial charge in [-0.25, -0.2) is 9.37 Å². The van der Waals surface area contributed by atoms with Gasteiger partial charge >= 0.3 is 0 Å². The summed E-state index contributed by atoms with van der Waals surface area (Å²) in [5.74, 6) is -0.248. The Kier molecular flexibility index (Phi) is 6.89. The molecule has 3 heterocycles. The lowest BCUT2D eigenvalue weighted by atomic mass is 9.71. The molecule has 1 aliphatic heterocycles. The Bertz CT molecular complexity index is 1460. The van der Waals surface area contributed by atoms with Crippen LogP contribution >= 0.6 is 0 Å². The Balaban J connectivity index is 1.48. The monoisotopic (exact) mass is 513 g/mol. The minimum absolute atomic E-state index is 0.0769. The first-order chi connectivity index (χ1) is 18.2. The average molecular weight is 514 g/mol. The number of benzene rings is 1. The van der Waals surface area contributed by atoms with Crippen LogP contribution in [-0.4, -0.2) is 27.3 Å². The molecule has 3 aromatic rings. The van der Waals surface area contributed by atoms with Crippen molar-refractivity contribution in [1.82, 2.24) is 15.3 Å². The van der Waals surface area contributed by atoms with Crippen molar-refractivity contribution >= 4 is 29.0 Å². The van der Waals surface area contributed by atoms with Gasteiger partial charge in [-0.3, -0.25) is 9.59 Å². The molecule has 4 N–H and O–H groups in total. The number of carbonyl (C=O) groups is 2. The summed E-state index contributed by atoms with van der Waals surface area (Å²) < 4.78 is 13.0. The van der Waals surface area contributed by atoms with Gasteiger partial charge in [0.05, 0.1) is 22.8 Å². The van der Waals surface area contributed by atoms with E-state index in [-0.39, 0.29) is 29.6 Å². The normalized spacial score (nSPS) is 16.5. The number of hydrogen-bond donors (Lipinski definition) is 4. The predicted octanol–water partition coefficient (Wildman–Crippen LogP) is 6.49. The number of aromatic nitrogens is 2. The van der Waals surface area contributed by atoms with E-state index in [9.17, 15) is 14.0 Å². The van der Waals surface area contributed by atoms with Crippen molar-refractivity contribution in [3.8, 4) is 11.3 Å². The third-order valence-corrected chi connectivity index (χ3v) is 7.27. The summed E-state index contributed by atoms with van der Waals surface area (Å²) in [6.07, 6.45) is 8.50. The van der Waals surface area contributed by atoms with Crippen molar-refractivity contribution in [3.63, 3.8) is 0 Å². The zero-order chi connectivity index (χ0) is 26.9. The Morgan fingerprint density at radius 3 is 2.68 bits per heavy atom. The maximum Gasteiger partial charge on any atom is 0.255 e. The van der Waals surface area contributed by atoms with Gasteiger partial charge in [0.15, 0.2) is 0 Å². The smallest absolute Gasteiger partial charge is 0.255 e. The second-order valence-corrected chi connectivity index (χ2v) is 10.4. The van der Waals surface area contributed by atoms with Crippen LogP contribution in [0.3, 0.4) is 0 Å². The fourth-order valence-electron chi connectivity index (χ4n) is 5.13. The van der Waals surface area contributed by atoms with E-state index in [1.165, 1.54) is 13.0 Å². The number of halogens is 1. The molecule has 1 fully saturated rings. The van der Waals surface area contributed by atoms with E-state index in [0.717, 1.165) is 59.5 Å². The van der Waals surface area contributed by atoms with Crippen molar-refractivity contribution in [2.75, 3.05) is 10.6 Å². The van der Waals surface area contributed by atoms with Crippen molar-refractivity contribution < 1.29 is 14.0 Å². The average Bonchev–Trinajstić information content (AvgIpc) is 3.22. The zero-order valence-corrected chi connectivity index (χ0v) is 21.9. The Morgan fingerprint density at radius 2 is 1.97 bits per heavy atom. The third-order valence-electron chi connectivity index (χ3n) is 7.27. The molecule has 0 radical (unpaired) electrons. The minimum Gasteiger partial charge on any atom is -0.356 e. The quantitative estimate of drug-likeness (QED) is 0.272. The summed E-state index contributed by atoms with van der Waals surface area (Å²) in [6, 6.07) is 11.6. The molecule has 2 amide bonds. The van der Waals surface area contributed by atoms with Crippen molar-refractivity contribution in [2.24, 2.45) is 0 Å². The molecule has 0 saturated heterocycles. The summed E-state index contributed by atoms with van der Waals surface area (Å²) in [7, 11) is 0. The first-order valence-corrected chi connectivity index (χ1v) is 12.9. The highest BCUT2D eigenvalue weighted by atomic mass is 19.1. The fourth-order valence-corrected chi connectivity index (χ4v) is 5.13. The number of aryl methyl sites for hydroxylation is 1. The van der Waals surface area contributed by atoms with E-state index >= 15 is 0 Å². The number of amides is 2. The van der Waals surface area contributed by atoms with Gasteiger partial charge in [0.2, 0.25) is 5.91 Å².